The van der Waals surface area contributed by atoms with Crippen molar-refractivity contribution in [2.75, 3.05) is 0 Å². The Kier molecular flexibility index (Phi) is 5.41. The zero-order valence-corrected chi connectivity index (χ0v) is 11.0. The summed E-state index contributed by atoms with van der Waals surface area (Å²) >= 11 is 5.61. The molecule has 1 aromatic carbocycles. The van der Waals surface area contributed by atoms with Crippen molar-refractivity contribution < 1.29 is 33.3 Å². The predicted octanol–water partition coefficient (Wildman–Crippen LogP) is 2.22. The van der Waals surface area contributed by atoms with Gasteiger partial charge in [0.05, 0.1) is 5.38 Å². The van der Waals surface area contributed by atoms with Gasteiger partial charge in [-0.25, -0.2) is 4.79 Å². The molecule has 2 unspecified atom stereocenters. The van der Waals surface area contributed by atoms with E-state index in [-0.39, 0.29) is 5.56 Å². The van der Waals surface area contributed by atoms with Gasteiger partial charge in [0.1, 0.15) is 5.75 Å². The summed E-state index contributed by atoms with van der Waals surface area (Å²) in [4.78, 5) is 22.7. The van der Waals surface area contributed by atoms with E-state index >= 15 is 0 Å². The number of aliphatic hydroxyl groups is 1. The van der Waals surface area contributed by atoms with Crippen LogP contribution in [0.4, 0.5) is 8.78 Å². The van der Waals surface area contributed by atoms with Gasteiger partial charge in [-0.3, -0.25) is 4.79 Å². The molecule has 0 bridgehead atoms. The highest BCUT2D eigenvalue weighted by Crippen LogP contribution is 2.31. The van der Waals surface area contributed by atoms with Gasteiger partial charge < -0.3 is 14.9 Å². The molecular weight excluding hydrogens is 298 g/mol. The summed E-state index contributed by atoms with van der Waals surface area (Å²) in [6.07, 6.45) is -2.18. The lowest BCUT2D eigenvalue weighted by Gasteiger charge is -2.17. The highest BCUT2D eigenvalue weighted by molar-refractivity contribution is 6.33. The number of Topliss-reactive ketones (excluding diaryl/α,β-unsaturated/α-hetero) is 1. The quantitative estimate of drug-likeness (QED) is 0.622. The molecule has 2 atom stereocenters. The summed E-state index contributed by atoms with van der Waals surface area (Å²) in [7, 11) is 0. The minimum atomic E-state index is -3.23. The van der Waals surface area contributed by atoms with Crippen LogP contribution in [0, 0.1) is 0 Å². The Balaban J connectivity index is 3.43. The summed E-state index contributed by atoms with van der Waals surface area (Å²) < 4.78 is 28.7. The summed E-state index contributed by atoms with van der Waals surface area (Å²) in [5, 5.41) is 17.4. The number of carbonyl (C=O) groups is 2. The van der Waals surface area contributed by atoms with Crippen LogP contribution in [-0.4, -0.2) is 34.0 Å². The average Bonchev–Trinajstić information content (AvgIpc) is 2.35. The topological polar surface area (TPSA) is 83.8 Å². The van der Waals surface area contributed by atoms with Crippen LogP contribution in [0.25, 0.3) is 0 Å². The number of hydrogen-bond acceptors (Lipinski definition) is 4. The molecule has 0 amide bonds. The number of alkyl halides is 3. The molecule has 0 radical (unpaired) electrons. The Morgan fingerprint density at radius 3 is 2.40 bits per heavy atom. The second kappa shape index (κ2) is 6.62. The van der Waals surface area contributed by atoms with Crippen molar-refractivity contribution in [2.45, 2.75) is 25.0 Å². The van der Waals surface area contributed by atoms with Gasteiger partial charge in [-0.2, -0.15) is 8.78 Å². The number of carboxylic acids is 1. The Morgan fingerprint density at radius 1 is 1.35 bits per heavy atom. The number of carbonyl (C=O) groups excluding carboxylic acids is 1. The Hall–Kier alpha value is -1.73. The van der Waals surface area contributed by atoms with Crippen LogP contribution < -0.4 is 4.74 Å². The molecule has 0 aliphatic carbocycles. The molecule has 1 rings (SSSR count). The molecule has 20 heavy (non-hydrogen) atoms. The summed E-state index contributed by atoms with van der Waals surface area (Å²) in [6, 6.07) is 3.44. The van der Waals surface area contributed by atoms with Crippen LogP contribution in [-0.2, 0) is 4.79 Å². The monoisotopic (exact) mass is 308 g/mol. The highest BCUT2D eigenvalue weighted by atomic mass is 35.5. The van der Waals surface area contributed by atoms with Gasteiger partial charge in [0.25, 0.3) is 0 Å². The van der Waals surface area contributed by atoms with Gasteiger partial charge in [-0.05, 0) is 13.0 Å². The lowest BCUT2D eigenvalue weighted by molar-refractivity contribution is -0.147. The molecule has 0 heterocycles. The second-order valence-corrected chi connectivity index (χ2v) is 4.47. The van der Waals surface area contributed by atoms with Gasteiger partial charge in [0, 0.05) is 11.1 Å². The first-order valence-corrected chi connectivity index (χ1v) is 5.86. The Labute approximate surface area is 117 Å². The number of ether oxygens (including phenoxy) is 1. The van der Waals surface area contributed by atoms with E-state index in [0.29, 0.717) is 0 Å². The number of hydrogen-bond donors (Lipinski definition) is 2. The number of carboxylic acid groups (broad SMARTS) is 1. The van der Waals surface area contributed by atoms with Gasteiger partial charge in [0.15, 0.2) is 11.9 Å². The maximum absolute atomic E-state index is 12.3. The minimum absolute atomic E-state index is 0.277. The van der Waals surface area contributed by atoms with Crippen molar-refractivity contribution in [3.63, 3.8) is 0 Å². The van der Waals surface area contributed by atoms with Gasteiger partial charge >= 0.3 is 12.6 Å². The van der Waals surface area contributed by atoms with Crippen molar-refractivity contribution in [2.24, 2.45) is 0 Å². The van der Waals surface area contributed by atoms with E-state index in [2.05, 4.69) is 4.74 Å². The standard InChI is InChI=1S/C12H11ClF2O5/c1-5(13)9(16)6-3-2-4-7(20-12(14)15)8(6)10(17)11(18)19/h2-5,10,12,17H,1H3,(H,18,19). The average molecular weight is 309 g/mol. The number of halogens is 3. The smallest absolute Gasteiger partial charge is 0.387 e. The predicted molar refractivity (Wildman–Crippen MR) is 65.3 cm³/mol. The van der Waals surface area contributed by atoms with Crippen LogP contribution in [0.2, 0.25) is 0 Å². The van der Waals surface area contributed by atoms with E-state index in [1.165, 1.54) is 19.1 Å². The van der Waals surface area contributed by atoms with Crippen LogP contribution in [0.3, 0.4) is 0 Å². The molecule has 0 aliphatic heterocycles. The van der Waals surface area contributed by atoms with Crippen molar-refractivity contribution in [3.05, 3.63) is 29.3 Å². The van der Waals surface area contributed by atoms with Gasteiger partial charge in [-0.15, -0.1) is 11.6 Å². The van der Waals surface area contributed by atoms with E-state index in [1.807, 2.05) is 0 Å². The molecule has 1 aromatic rings. The van der Waals surface area contributed by atoms with E-state index in [4.69, 9.17) is 16.7 Å². The third-order valence-corrected chi connectivity index (χ3v) is 2.61. The van der Waals surface area contributed by atoms with E-state index in [1.54, 1.807) is 0 Å². The fourth-order valence-electron chi connectivity index (χ4n) is 1.58. The Bertz CT molecular complexity index is 519. The molecule has 0 fully saturated rings. The van der Waals surface area contributed by atoms with Crippen LogP contribution in [0.15, 0.2) is 18.2 Å². The first-order valence-electron chi connectivity index (χ1n) is 5.42. The third-order valence-electron chi connectivity index (χ3n) is 2.42. The van der Waals surface area contributed by atoms with E-state index in [9.17, 15) is 23.5 Å². The fourth-order valence-corrected chi connectivity index (χ4v) is 1.69. The minimum Gasteiger partial charge on any atom is -0.479 e. The maximum atomic E-state index is 12.3. The van der Waals surface area contributed by atoms with Crippen molar-refractivity contribution in [1.29, 1.82) is 0 Å². The van der Waals surface area contributed by atoms with E-state index < -0.39 is 41.2 Å². The van der Waals surface area contributed by atoms with Crippen LogP contribution >= 0.6 is 11.6 Å². The summed E-state index contributed by atoms with van der Waals surface area (Å²) in [5.41, 5.74) is -0.821. The van der Waals surface area contributed by atoms with Crippen LogP contribution in [0.1, 0.15) is 28.9 Å². The lowest BCUT2D eigenvalue weighted by Crippen LogP contribution is -2.20. The molecule has 0 aliphatic rings. The molecule has 0 saturated carbocycles. The van der Waals surface area contributed by atoms with Crippen molar-refractivity contribution in [3.8, 4) is 5.75 Å². The first kappa shape index (κ1) is 16.3. The molecule has 2 N–H and O–H groups in total. The lowest BCUT2D eigenvalue weighted by atomic mass is 9.96. The Morgan fingerprint density at radius 2 is 1.95 bits per heavy atom. The molecular formula is C12H11ClF2O5. The molecule has 0 spiro atoms. The van der Waals surface area contributed by atoms with Crippen molar-refractivity contribution in [1.82, 2.24) is 0 Å². The maximum Gasteiger partial charge on any atom is 0.387 e. The molecule has 8 heteroatoms. The SMILES string of the molecule is CC(Cl)C(=O)c1cccc(OC(F)F)c1C(O)C(=O)O. The fraction of sp³-hybridized carbons (Fsp3) is 0.333. The first-order chi connectivity index (χ1) is 9.25. The number of benzene rings is 1. The van der Waals surface area contributed by atoms with Gasteiger partial charge in [0.2, 0.25) is 0 Å². The van der Waals surface area contributed by atoms with Gasteiger partial charge in [-0.1, -0.05) is 12.1 Å². The molecule has 0 aromatic heterocycles. The summed E-state index contributed by atoms with van der Waals surface area (Å²) in [5.74, 6) is -2.99. The number of rotatable bonds is 6. The molecule has 110 valence electrons. The third kappa shape index (κ3) is 3.64. The number of aliphatic hydroxyl groups excluding tert-OH is 1. The molecule has 5 nitrogen and oxygen atoms in total. The van der Waals surface area contributed by atoms with Crippen LogP contribution in [0.5, 0.6) is 5.75 Å². The largest absolute Gasteiger partial charge is 0.479 e. The normalized spacial score (nSPS) is 13.9. The summed E-state index contributed by atoms with van der Waals surface area (Å²) in [6.45, 7) is -1.89. The molecule has 0 saturated heterocycles. The number of ketones is 1. The van der Waals surface area contributed by atoms with E-state index in [0.717, 1.165) is 6.07 Å². The highest BCUT2D eigenvalue weighted by Gasteiger charge is 2.29. The second-order valence-electron chi connectivity index (χ2n) is 3.82. The van der Waals surface area contributed by atoms with Crippen molar-refractivity contribution >= 4 is 23.4 Å². The zero-order chi connectivity index (χ0) is 15.4. The number of aliphatic carboxylic acids is 1. The zero-order valence-electron chi connectivity index (χ0n) is 10.2.